The van der Waals surface area contributed by atoms with Crippen molar-refractivity contribution in [3.05, 3.63) is 59.7 Å². The van der Waals surface area contributed by atoms with E-state index in [9.17, 15) is 0 Å². The molecule has 102 valence electrons. The summed E-state index contributed by atoms with van der Waals surface area (Å²) in [4.78, 5) is 0. The van der Waals surface area contributed by atoms with Crippen LogP contribution in [0.25, 0.3) is 0 Å². The number of para-hydroxylation sites is 1. The molecule has 0 aliphatic carbocycles. The van der Waals surface area contributed by atoms with E-state index in [0.29, 0.717) is 6.61 Å². The summed E-state index contributed by atoms with van der Waals surface area (Å²) in [6.07, 6.45) is 0. The van der Waals surface area contributed by atoms with Gasteiger partial charge in [-0.25, -0.2) is 0 Å². The van der Waals surface area contributed by atoms with E-state index in [1.54, 1.807) is 7.11 Å². The zero-order valence-electron chi connectivity index (χ0n) is 11.3. The van der Waals surface area contributed by atoms with Crippen molar-refractivity contribution >= 4 is 0 Å². The van der Waals surface area contributed by atoms with Crippen LogP contribution in [-0.4, -0.2) is 18.8 Å². The van der Waals surface area contributed by atoms with Gasteiger partial charge in [0.25, 0.3) is 0 Å². The van der Waals surface area contributed by atoms with Gasteiger partial charge in [-0.3, -0.25) is 0 Å². The summed E-state index contributed by atoms with van der Waals surface area (Å²) in [7, 11) is 1.64. The van der Waals surface area contributed by atoms with Crippen LogP contribution >= 0.6 is 0 Å². The molecule has 2 rings (SSSR count). The summed E-state index contributed by atoms with van der Waals surface area (Å²) in [5.74, 6) is 7.01. The van der Waals surface area contributed by atoms with Crippen LogP contribution in [0.5, 0.6) is 11.5 Å². The van der Waals surface area contributed by atoms with Crippen molar-refractivity contribution in [2.75, 3.05) is 13.7 Å². The molecule has 0 aromatic heterocycles. The molecule has 0 aliphatic heterocycles. The van der Waals surface area contributed by atoms with Crippen molar-refractivity contribution in [1.82, 2.24) is 0 Å². The second-order valence-electron chi connectivity index (χ2n) is 4.09. The Hall–Kier alpha value is -2.44. The molecule has 0 atom stereocenters. The van der Waals surface area contributed by atoms with Gasteiger partial charge in [0.2, 0.25) is 0 Å². The van der Waals surface area contributed by atoms with Gasteiger partial charge in [0.05, 0.1) is 7.11 Å². The zero-order valence-corrected chi connectivity index (χ0v) is 11.3. The standard InChI is InChI=1S/C17H16O3/c1-19-17-10-3-2-8-15(17)13-20-16-9-4-6-14(12-16)7-5-11-18/h2-4,6,8-10,12,18H,11,13H2,1H3. The molecule has 0 heterocycles. The molecule has 3 nitrogen and oxygen atoms in total. The van der Waals surface area contributed by atoms with Gasteiger partial charge in [0.1, 0.15) is 24.7 Å². The van der Waals surface area contributed by atoms with E-state index in [1.165, 1.54) is 0 Å². The van der Waals surface area contributed by atoms with Crippen molar-refractivity contribution in [3.8, 4) is 23.3 Å². The Balaban J connectivity index is 2.07. The molecule has 2 aromatic rings. The van der Waals surface area contributed by atoms with Crippen LogP contribution in [0.4, 0.5) is 0 Å². The lowest BCUT2D eigenvalue weighted by atomic mass is 10.2. The van der Waals surface area contributed by atoms with Crippen molar-refractivity contribution in [2.45, 2.75) is 6.61 Å². The van der Waals surface area contributed by atoms with Crippen LogP contribution in [0.2, 0.25) is 0 Å². The second-order valence-corrected chi connectivity index (χ2v) is 4.09. The second kappa shape index (κ2) is 7.22. The lowest BCUT2D eigenvalue weighted by molar-refractivity contribution is 0.296. The normalized spacial score (nSPS) is 9.50. The van der Waals surface area contributed by atoms with E-state index < -0.39 is 0 Å². The fourth-order valence-electron chi connectivity index (χ4n) is 1.79. The maximum Gasteiger partial charge on any atom is 0.125 e. The maximum absolute atomic E-state index is 8.69. The topological polar surface area (TPSA) is 38.7 Å². The quantitative estimate of drug-likeness (QED) is 0.866. The van der Waals surface area contributed by atoms with E-state index in [2.05, 4.69) is 11.8 Å². The third-order valence-corrected chi connectivity index (χ3v) is 2.73. The number of rotatable bonds is 4. The molecule has 0 amide bonds. The molecule has 2 aromatic carbocycles. The molecule has 0 saturated carbocycles. The zero-order chi connectivity index (χ0) is 14.2. The smallest absolute Gasteiger partial charge is 0.125 e. The van der Waals surface area contributed by atoms with Gasteiger partial charge in [0.15, 0.2) is 0 Å². The van der Waals surface area contributed by atoms with E-state index in [-0.39, 0.29) is 6.61 Å². The highest BCUT2D eigenvalue weighted by atomic mass is 16.5. The Kier molecular flexibility index (Phi) is 5.05. The molecule has 20 heavy (non-hydrogen) atoms. The van der Waals surface area contributed by atoms with Gasteiger partial charge in [-0.2, -0.15) is 0 Å². The molecule has 3 heteroatoms. The summed E-state index contributed by atoms with van der Waals surface area (Å²) in [6, 6.07) is 15.2. The van der Waals surface area contributed by atoms with Gasteiger partial charge >= 0.3 is 0 Å². The molecule has 0 fully saturated rings. The molecule has 0 aliphatic rings. The maximum atomic E-state index is 8.69. The van der Waals surface area contributed by atoms with Crippen molar-refractivity contribution in [2.24, 2.45) is 0 Å². The Morgan fingerprint density at radius 1 is 1.10 bits per heavy atom. The molecule has 0 unspecified atom stereocenters. The lowest BCUT2D eigenvalue weighted by Gasteiger charge is -2.10. The highest BCUT2D eigenvalue weighted by Crippen LogP contribution is 2.20. The SMILES string of the molecule is COc1ccccc1COc1cccc(C#CCO)c1. The predicted octanol–water partition coefficient (Wildman–Crippen LogP) is 2.62. The minimum absolute atomic E-state index is 0.147. The summed E-state index contributed by atoms with van der Waals surface area (Å²) in [5, 5.41) is 8.69. The van der Waals surface area contributed by atoms with E-state index in [4.69, 9.17) is 14.6 Å². The molecule has 0 spiro atoms. The minimum Gasteiger partial charge on any atom is -0.496 e. The van der Waals surface area contributed by atoms with Crippen molar-refractivity contribution in [1.29, 1.82) is 0 Å². The van der Waals surface area contributed by atoms with Crippen LogP contribution in [-0.2, 0) is 6.61 Å². The predicted molar refractivity (Wildman–Crippen MR) is 77.7 cm³/mol. The van der Waals surface area contributed by atoms with Crippen LogP contribution in [0, 0.1) is 11.8 Å². The fourth-order valence-corrected chi connectivity index (χ4v) is 1.79. The Labute approximate surface area is 118 Å². The van der Waals surface area contributed by atoms with Crippen LogP contribution in [0.15, 0.2) is 48.5 Å². The number of aliphatic hydroxyl groups is 1. The Bertz CT molecular complexity index is 623. The summed E-state index contributed by atoms with van der Waals surface area (Å²) in [5.41, 5.74) is 1.80. The van der Waals surface area contributed by atoms with Crippen molar-refractivity contribution < 1.29 is 14.6 Å². The molecule has 0 saturated heterocycles. The molecule has 0 bridgehead atoms. The first-order chi connectivity index (χ1) is 9.83. The van der Waals surface area contributed by atoms with Gasteiger partial charge in [-0.05, 0) is 24.3 Å². The summed E-state index contributed by atoms with van der Waals surface area (Å²) >= 11 is 0. The average molecular weight is 268 g/mol. The van der Waals surface area contributed by atoms with Crippen LogP contribution in [0.1, 0.15) is 11.1 Å². The molecular formula is C17H16O3. The number of benzene rings is 2. The number of aliphatic hydroxyl groups excluding tert-OH is 1. The van der Waals surface area contributed by atoms with Gasteiger partial charge in [-0.1, -0.05) is 36.1 Å². The number of methoxy groups -OCH3 is 1. The first kappa shape index (κ1) is 14.0. The first-order valence-corrected chi connectivity index (χ1v) is 6.28. The molecule has 0 radical (unpaired) electrons. The van der Waals surface area contributed by atoms with Gasteiger partial charge in [-0.15, -0.1) is 0 Å². The fraction of sp³-hybridized carbons (Fsp3) is 0.176. The van der Waals surface area contributed by atoms with Crippen LogP contribution in [0.3, 0.4) is 0 Å². The molecular weight excluding hydrogens is 252 g/mol. The van der Waals surface area contributed by atoms with Crippen molar-refractivity contribution in [3.63, 3.8) is 0 Å². The highest BCUT2D eigenvalue weighted by Gasteiger charge is 2.02. The van der Waals surface area contributed by atoms with Gasteiger partial charge < -0.3 is 14.6 Å². The van der Waals surface area contributed by atoms with Crippen LogP contribution < -0.4 is 9.47 Å². The largest absolute Gasteiger partial charge is 0.496 e. The monoisotopic (exact) mass is 268 g/mol. The third kappa shape index (κ3) is 3.78. The highest BCUT2D eigenvalue weighted by molar-refractivity contribution is 5.40. The lowest BCUT2D eigenvalue weighted by Crippen LogP contribution is -1.98. The minimum atomic E-state index is -0.147. The average Bonchev–Trinajstić information content (AvgIpc) is 2.51. The number of ether oxygens (including phenoxy) is 2. The summed E-state index contributed by atoms with van der Waals surface area (Å²) < 4.78 is 11.0. The Morgan fingerprint density at radius 2 is 1.95 bits per heavy atom. The van der Waals surface area contributed by atoms with Gasteiger partial charge in [0, 0.05) is 11.1 Å². The van der Waals surface area contributed by atoms with E-state index in [0.717, 1.165) is 22.6 Å². The number of hydrogen-bond acceptors (Lipinski definition) is 3. The number of hydrogen-bond donors (Lipinski definition) is 1. The third-order valence-electron chi connectivity index (χ3n) is 2.73. The van der Waals surface area contributed by atoms with E-state index in [1.807, 2.05) is 48.5 Å². The molecule has 1 N–H and O–H groups in total. The Morgan fingerprint density at radius 3 is 2.75 bits per heavy atom. The first-order valence-electron chi connectivity index (χ1n) is 6.28. The van der Waals surface area contributed by atoms with E-state index >= 15 is 0 Å². The summed E-state index contributed by atoms with van der Waals surface area (Å²) in [6.45, 7) is 0.285.